The first kappa shape index (κ1) is 17.1. The summed E-state index contributed by atoms with van der Waals surface area (Å²) in [6.07, 6.45) is 11.2. The second kappa shape index (κ2) is 8.37. The zero-order valence-electron chi connectivity index (χ0n) is 14.0. The van der Waals surface area contributed by atoms with Crippen LogP contribution in [-0.2, 0) is 0 Å². The Labute approximate surface area is 146 Å². The molecule has 6 heteroatoms. The maximum atomic E-state index is 13.6. The molecule has 25 heavy (non-hydrogen) atoms. The minimum Gasteiger partial charge on any atom is -0.368 e. The van der Waals surface area contributed by atoms with Crippen LogP contribution in [0.1, 0.15) is 42.6 Å². The standard InChI is InChI=1S/C19H21FN4O/c20-15-8-4-5-9-16(15)24-19(25)17-12-23-18(13-22-17)21-11-10-14-6-2-1-3-7-14/h4-6,8-9,12-13H,1-3,7,10-11H2,(H,21,23)(H,24,25). The summed E-state index contributed by atoms with van der Waals surface area (Å²) in [6.45, 7) is 0.793. The molecule has 2 aromatic rings. The highest BCUT2D eigenvalue weighted by atomic mass is 19.1. The second-order valence-electron chi connectivity index (χ2n) is 6.01. The molecule has 1 aliphatic carbocycles. The smallest absolute Gasteiger partial charge is 0.275 e. The van der Waals surface area contributed by atoms with Crippen LogP contribution in [0.25, 0.3) is 0 Å². The molecule has 0 spiro atoms. The van der Waals surface area contributed by atoms with Gasteiger partial charge < -0.3 is 10.6 Å². The lowest BCUT2D eigenvalue weighted by molar-refractivity contribution is 0.102. The molecule has 0 fully saturated rings. The molecule has 0 aliphatic heterocycles. The molecular formula is C19H21FN4O. The molecule has 5 nitrogen and oxygen atoms in total. The molecule has 0 radical (unpaired) electrons. The number of aromatic nitrogens is 2. The summed E-state index contributed by atoms with van der Waals surface area (Å²) in [5.41, 5.74) is 1.76. The Bertz CT molecular complexity index is 758. The van der Waals surface area contributed by atoms with Gasteiger partial charge in [0, 0.05) is 6.54 Å². The van der Waals surface area contributed by atoms with E-state index in [1.807, 2.05) is 0 Å². The van der Waals surface area contributed by atoms with Crippen LogP contribution in [0.15, 0.2) is 48.3 Å². The van der Waals surface area contributed by atoms with Crippen molar-refractivity contribution < 1.29 is 9.18 Å². The lowest BCUT2D eigenvalue weighted by Gasteiger charge is -2.13. The van der Waals surface area contributed by atoms with E-state index in [1.165, 1.54) is 55.8 Å². The van der Waals surface area contributed by atoms with Crippen LogP contribution in [0.2, 0.25) is 0 Å². The second-order valence-corrected chi connectivity index (χ2v) is 6.01. The lowest BCUT2D eigenvalue weighted by atomic mass is 9.97. The zero-order valence-corrected chi connectivity index (χ0v) is 14.0. The number of halogens is 1. The largest absolute Gasteiger partial charge is 0.368 e. The summed E-state index contributed by atoms with van der Waals surface area (Å²) < 4.78 is 13.6. The molecule has 1 aliphatic rings. The molecule has 0 saturated carbocycles. The van der Waals surface area contributed by atoms with Crippen LogP contribution >= 0.6 is 0 Å². The van der Waals surface area contributed by atoms with Crippen molar-refractivity contribution in [1.82, 2.24) is 9.97 Å². The van der Waals surface area contributed by atoms with Crippen molar-refractivity contribution in [3.8, 4) is 0 Å². The summed E-state index contributed by atoms with van der Waals surface area (Å²) in [4.78, 5) is 20.4. The van der Waals surface area contributed by atoms with Crippen molar-refractivity contribution in [2.45, 2.75) is 32.1 Å². The van der Waals surface area contributed by atoms with Gasteiger partial charge in [-0.15, -0.1) is 0 Å². The van der Waals surface area contributed by atoms with Gasteiger partial charge in [0.2, 0.25) is 0 Å². The van der Waals surface area contributed by atoms with E-state index in [-0.39, 0.29) is 11.4 Å². The fraction of sp³-hybridized carbons (Fsp3) is 0.316. The van der Waals surface area contributed by atoms with E-state index in [9.17, 15) is 9.18 Å². The van der Waals surface area contributed by atoms with E-state index in [4.69, 9.17) is 0 Å². The van der Waals surface area contributed by atoms with Gasteiger partial charge in [-0.3, -0.25) is 4.79 Å². The molecule has 130 valence electrons. The van der Waals surface area contributed by atoms with Crippen molar-refractivity contribution in [2.75, 3.05) is 17.2 Å². The molecule has 1 aromatic heterocycles. The van der Waals surface area contributed by atoms with Crippen molar-refractivity contribution in [3.05, 3.63) is 59.8 Å². The number of carbonyl (C=O) groups excluding carboxylic acids is 1. The maximum absolute atomic E-state index is 13.6. The number of hydrogen-bond acceptors (Lipinski definition) is 4. The highest BCUT2D eigenvalue weighted by molar-refractivity contribution is 6.02. The molecule has 2 N–H and O–H groups in total. The quantitative estimate of drug-likeness (QED) is 0.775. The molecule has 3 rings (SSSR count). The van der Waals surface area contributed by atoms with Gasteiger partial charge in [0.05, 0.1) is 18.1 Å². The van der Waals surface area contributed by atoms with E-state index in [2.05, 4.69) is 26.7 Å². The first-order valence-electron chi connectivity index (χ1n) is 8.52. The Kier molecular flexibility index (Phi) is 5.72. The van der Waals surface area contributed by atoms with Crippen molar-refractivity contribution in [1.29, 1.82) is 0 Å². The normalized spacial score (nSPS) is 13.9. The van der Waals surface area contributed by atoms with Crippen LogP contribution in [0.3, 0.4) is 0 Å². The minimum absolute atomic E-state index is 0.122. The number of allylic oxidation sites excluding steroid dienone is 1. The highest BCUT2D eigenvalue weighted by Gasteiger charge is 2.11. The number of hydrogen-bond donors (Lipinski definition) is 2. The molecule has 0 atom stereocenters. The summed E-state index contributed by atoms with van der Waals surface area (Å²) in [7, 11) is 0. The Balaban J connectivity index is 1.52. The molecular weight excluding hydrogens is 319 g/mol. The number of benzene rings is 1. The van der Waals surface area contributed by atoms with Crippen LogP contribution in [0, 0.1) is 5.82 Å². The SMILES string of the molecule is O=C(Nc1ccccc1F)c1cnc(NCCC2=CCCCC2)cn1. The van der Waals surface area contributed by atoms with Crippen LogP contribution < -0.4 is 10.6 Å². The van der Waals surface area contributed by atoms with Crippen LogP contribution in [0.5, 0.6) is 0 Å². The first-order valence-corrected chi connectivity index (χ1v) is 8.52. The number of amides is 1. The summed E-state index contributed by atoms with van der Waals surface area (Å²) in [5, 5.41) is 5.70. The van der Waals surface area contributed by atoms with Gasteiger partial charge in [0.25, 0.3) is 5.91 Å². The van der Waals surface area contributed by atoms with Gasteiger partial charge in [-0.05, 0) is 44.2 Å². The first-order chi connectivity index (χ1) is 12.2. The molecule has 0 saturated heterocycles. The molecule has 0 unspecified atom stereocenters. The van der Waals surface area contributed by atoms with E-state index < -0.39 is 11.7 Å². The summed E-state index contributed by atoms with van der Waals surface area (Å²) in [6, 6.07) is 6.00. The van der Waals surface area contributed by atoms with E-state index in [0.29, 0.717) is 5.82 Å². The summed E-state index contributed by atoms with van der Waals surface area (Å²) in [5.74, 6) is -0.352. The third-order valence-electron chi connectivity index (χ3n) is 4.14. The molecule has 0 bridgehead atoms. The average molecular weight is 340 g/mol. The van der Waals surface area contributed by atoms with Crippen molar-refractivity contribution >= 4 is 17.4 Å². The molecule has 1 amide bonds. The van der Waals surface area contributed by atoms with Gasteiger partial charge >= 0.3 is 0 Å². The van der Waals surface area contributed by atoms with Crippen molar-refractivity contribution in [3.63, 3.8) is 0 Å². The Morgan fingerprint density at radius 1 is 1.16 bits per heavy atom. The van der Waals surface area contributed by atoms with Gasteiger partial charge in [0.15, 0.2) is 0 Å². The highest BCUT2D eigenvalue weighted by Crippen LogP contribution is 2.20. The monoisotopic (exact) mass is 340 g/mol. The molecule has 1 heterocycles. The summed E-state index contributed by atoms with van der Waals surface area (Å²) >= 11 is 0. The number of rotatable bonds is 6. The topological polar surface area (TPSA) is 66.9 Å². The Morgan fingerprint density at radius 3 is 2.76 bits per heavy atom. The minimum atomic E-state index is -0.489. The number of nitrogens with zero attached hydrogens (tertiary/aromatic N) is 2. The number of anilines is 2. The van der Waals surface area contributed by atoms with E-state index in [0.717, 1.165) is 13.0 Å². The predicted molar refractivity (Wildman–Crippen MR) is 96.0 cm³/mol. The fourth-order valence-electron chi connectivity index (χ4n) is 2.77. The van der Waals surface area contributed by atoms with E-state index in [1.54, 1.807) is 12.1 Å². The Morgan fingerprint density at radius 2 is 2.04 bits per heavy atom. The van der Waals surface area contributed by atoms with Crippen molar-refractivity contribution in [2.24, 2.45) is 0 Å². The van der Waals surface area contributed by atoms with E-state index >= 15 is 0 Å². The van der Waals surface area contributed by atoms with Gasteiger partial charge in [-0.1, -0.05) is 23.8 Å². The third kappa shape index (κ3) is 4.86. The Hall–Kier alpha value is -2.76. The van der Waals surface area contributed by atoms with Gasteiger partial charge in [-0.25, -0.2) is 14.4 Å². The lowest BCUT2D eigenvalue weighted by Crippen LogP contribution is -2.15. The average Bonchev–Trinajstić information content (AvgIpc) is 2.65. The molecule has 1 aromatic carbocycles. The number of nitrogens with one attached hydrogen (secondary N) is 2. The number of carbonyl (C=O) groups is 1. The fourth-order valence-corrected chi connectivity index (χ4v) is 2.77. The third-order valence-corrected chi connectivity index (χ3v) is 4.14. The van der Waals surface area contributed by atoms with Gasteiger partial charge in [0.1, 0.15) is 17.3 Å². The van der Waals surface area contributed by atoms with Crippen LogP contribution in [0.4, 0.5) is 15.9 Å². The van der Waals surface area contributed by atoms with Crippen LogP contribution in [-0.4, -0.2) is 22.4 Å². The maximum Gasteiger partial charge on any atom is 0.275 e. The predicted octanol–water partition coefficient (Wildman–Crippen LogP) is 4.17. The zero-order chi connectivity index (χ0) is 17.5. The van der Waals surface area contributed by atoms with Gasteiger partial charge in [-0.2, -0.15) is 0 Å². The number of para-hydroxylation sites is 1.